The molecule has 0 spiro atoms. The van der Waals surface area contributed by atoms with E-state index in [2.05, 4.69) is 26.2 Å². The Labute approximate surface area is 156 Å². The van der Waals surface area contributed by atoms with Crippen LogP contribution >= 0.6 is 27.3 Å². The first-order valence-electron chi connectivity index (χ1n) is 7.29. The summed E-state index contributed by atoms with van der Waals surface area (Å²) in [5, 5.41) is 14.6. The number of rotatable bonds is 5. The zero-order valence-electron chi connectivity index (χ0n) is 13.2. The fraction of sp³-hybridized carbons (Fsp3) is 0.118. The van der Waals surface area contributed by atoms with Gasteiger partial charge in [-0.2, -0.15) is 0 Å². The van der Waals surface area contributed by atoms with Gasteiger partial charge in [0.1, 0.15) is 11.3 Å². The molecule has 0 aliphatic heterocycles. The highest BCUT2D eigenvalue weighted by Crippen LogP contribution is 2.36. The number of nitrogens with zero attached hydrogens (tertiary/aromatic N) is 2. The maximum Gasteiger partial charge on any atom is 0.339 e. The Morgan fingerprint density at radius 1 is 1.32 bits per heavy atom. The van der Waals surface area contributed by atoms with Crippen molar-refractivity contribution >= 4 is 44.8 Å². The number of hydrogen-bond acceptors (Lipinski definition) is 4. The number of carbonyl (C=O) groups is 2. The first-order chi connectivity index (χ1) is 12.0. The summed E-state index contributed by atoms with van der Waals surface area (Å²) in [4.78, 5) is 28.6. The number of carboxylic acids is 1. The van der Waals surface area contributed by atoms with Crippen LogP contribution < -0.4 is 5.32 Å². The quantitative estimate of drug-likeness (QED) is 0.612. The van der Waals surface area contributed by atoms with Crippen LogP contribution in [0.25, 0.3) is 10.4 Å². The number of carboxylic acid groups (broad SMARTS) is 1. The molecule has 6 nitrogen and oxygen atoms in total. The zero-order valence-corrected chi connectivity index (χ0v) is 15.6. The number of aromatic nitrogens is 2. The third kappa shape index (κ3) is 3.64. The van der Waals surface area contributed by atoms with E-state index in [1.165, 1.54) is 17.7 Å². The van der Waals surface area contributed by atoms with Crippen molar-refractivity contribution in [2.75, 3.05) is 5.32 Å². The molecule has 0 unspecified atom stereocenters. The number of nitrogens with one attached hydrogen (secondary N) is 1. The number of hydrogen-bond donors (Lipinski definition) is 2. The molecule has 2 aromatic heterocycles. The normalized spacial score (nSPS) is 10.6. The van der Waals surface area contributed by atoms with E-state index in [1.807, 2.05) is 24.3 Å². The average molecular weight is 420 g/mol. The molecule has 0 atom stereocenters. The number of alkyl halides is 1. The van der Waals surface area contributed by atoms with Gasteiger partial charge in [-0.25, -0.2) is 9.78 Å². The van der Waals surface area contributed by atoms with E-state index in [-0.39, 0.29) is 16.9 Å². The minimum absolute atomic E-state index is 0.0841. The molecular formula is C17H14BrN3O3S. The molecule has 8 heteroatoms. The van der Waals surface area contributed by atoms with Crippen LogP contribution in [-0.4, -0.2) is 26.5 Å². The van der Waals surface area contributed by atoms with Crippen molar-refractivity contribution in [3.8, 4) is 10.4 Å². The number of benzene rings is 1. The third-order valence-corrected chi connectivity index (χ3v) is 5.24. The van der Waals surface area contributed by atoms with Gasteiger partial charge in [0, 0.05) is 24.0 Å². The first-order valence-corrected chi connectivity index (χ1v) is 9.29. The van der Waals surface area contributed by atoms with E-state index in [9.17, 15) is 14.7 Å². The number of anilines is 1. The van der Waals surface area contributed by atoms with Crippen molar-refractivity contribution in [2.45, 2.75) is 5.33 Å². The standard InChI is InChI=1S/C17H14BrN3O3S/c1-21-7-12(19-9-21)16(22)20-13-8-25-15(14(13)17(23)24)11-4-2-10(6-18)3-5-11/h2-5,7-9H,6H2,1H3,(H,20,22)(H,23,24). The second-order valence-electron chi connectivity index (χ2n) is 5.37. The summed E-state index contributed by atoms with van der Waals surface area (Å²) in [7, 11) is 1.76. The summed E-state index contributed by atoms with van der Waals surface area (Å²) in [5.41, 5.74) is 2.48. The van der Waals surface area contributed by atoms with Gasteiger partial charge in [0.25, 0.3) is 5.91 Å². The molecule has 25 heavy (non-hydrogen) atoms. The summed E-state index contributed by atoms with van der Waals surface area (Å²) in [5.74, 6) is -1.53. The second kappa shape index (κ2) is 7.20. The van der Waals surface area contributed by atoms with Crippen LogP contribution in [0.2, 0.25) is 0 Å². The van der Waals surface area contributed by atoms with E-state index < -0.39 is 11.9 Å². The minimum atomic E-state index is -1.09. The number of thiophene rings is 1. The lowest BCUT2D eigenvalue weighted by Crippen LogP contribution is -2.14. The zero-order chi connectivity index (χ0) is 18.0. The topological polar surface area (TPSA) is 84.2 Å². The minimum Gasteiger partial charge on any atom is -0.478 e. The van der Waals surface area contributed by atoms with E-state index >= 15 is 0 Å². The molecule has 2 N–H and O–H groups in total. The van der Waals surface area contributed by atoms with Gasteiger partial charge in [-0.05, 0) is 11.1 Å². The Kier molecular flexibility index (Phi) is 5.00. The van der Waals surface area contributed by atoms with Crippen molar-refractivity contribution < 1.29 is 14.7 Å². The van der Waals surface area contributed by atoms with Gasteiger partial charge >= 0.3 is 5.97 Å². The van der Waals surface area contributed by atoms with Gasteiger partial charge < -0.3 is 15.0 Å². The van der Waals surface area contributed by atoms with Gasteiger partial charge in [0.15, 0.2) is 0 Å². The number of imidazole rings is 1. The van der Waals surface area contributed by atoms with Crippen molar-refractivity contribution in [3.05, 3.63) is 59.0 Å². The molecule has 0 radical (unpaired) electrons. The Hall–Kier alpha value is -2.45. The van der Waals surface area contributed by atoms with Crippen molar-refractivity contribution in [1.82, 2.24) is 9.55 Å². The summed E-state index contributed by atoms with van der Waals surface area (Å²) < 4.78 is 1.65. The SMILES string of the molecule is Cn1cnc(C(=O)Nc2csc(-c3ccc(CBr)cc3)c2C(=O)O)c1. The van der Waals surface area contributed by atoms with Gasteiger partial charge in [0.2, 0.25) is 0 Å². The van der Waals surface area contributed by atoms with Crippen LogP contribution in [0.5, 0.6) is 0 Å². The van der Waals surface area contributed by atoms with Crippen LogP contribution in [0.15, 0.2) is 42.2 Å². The predicted octanol–water partition coefficient (Wildman–Crippen LogP) is 3.99. The summed E-state index contributed by atoms with van der Waals surface area (Å²) in [6.45, 7) is 0. The first kappa shape index (κ1) is 17.4. The summed E-state index contributed by atoms with van der Waals surface area (Å²) in [6.07, 6.45) is 3.08. The van der Waals surface area contributed by atoms with E-state index in [0.717, 1.165) is 16.5 Å². The number of aryl methyl sites for hydroxylation is 1. The van der Waals surface area contributed by atoms with E-state index in [4.69, 9.17) is 0 Å². The molecule has 0 fully saturated rings. The van der Waals surface area contributed by atoms with Crippen molar-refractivity contribution in [2.24, 2.45) is 7.05 Å². The van der Waals surface area contributed by atoms with Crippen LogP contribution in [0, 0.1) is 0 Å². The average Bonchev–Trinajstić information content (AvgIpc) is 3.21. The summed E-state index contributed by atoms with van der Waals surface area (Å²) >= 11 is 4.67. The highest BCUT2D eigenvalue weighted by Gasteiger charge is 2.22. The van der Waals surface area contributed by atoms with Gasteiger partial charge in [-0.3, -0.25) is 4.79 Å². The molecular weight excluding hydrogens is 406 g/mol. The fourth-order valence-corrected chi connectivity index (χ4v) is 3.71. The Bertz CT molecular complexity index is 931. The molecule has 3 aromatic rings. The smallest absolute Gasteiger partial charge is 0.339 e. The number of amides is 1. The lowest BCUT2D eigenvalue weighted by atomic mass is 10.1. The largest absolute Gasteiger partial charge is 0.478 e. The van der Waals surface area contributed by atoms with Crippen molar-refractivity contribution in [1.29, 1.82) is 0 Å². The molecule has 2 heterocycles. The van der Waals surface area contributed by atoms with E-state index in [1.54, 1.807) is 23.2 Å². The lowest BCUT2D eigenvalue weighted by molar-refractivity contribution is 0.0699. The van der Waals surface area contributed by atoms with Crippen LogP contribution in [0.3, 0.4) is 0 Å². The molecule has 0 aliphatic rings. The molecule has 1 amide bonds. The molecule has 0 aliphatic carbocycles. The highest BCUT2D eigenvalue weighted by molar-refractivity contribution is 9.08. The fourth-order valence-electron chi connectivity index (χ4n) is 2.34. The Morgan fingerprint density at radius 2 is 2.04 bits per heavy atom. The monoisotopic (exact) mass is 419 g/mol. The summed E-state index contributed by atoms with van der Waals surface area (Å²) in [6, 6.07) is 7.61. The molecule has 0 bridgehead atoms. The maximum absolute atomic E-state index is 12.3. The van der Waals surface area contributed by atoms with Crippen LogP contribution in [0.4, 0.5) is 5.69 Å². The Balaban J connectivity index is 1.94. The van der Waals surface area contributed by atoms with Gasteiger partial charge in [-0.1, -0.05) is 40.2 Å². The number of halogens is 1. The molecule has 0 saturated heterocycles. The Morgan fingerprint density at radius 3 is 2.60 bits per heavy atom. The second-order valence-corrected chi connectivity index (χ2v) is 6.81. The lowest BCUT2D eigenvalue weighted by Gasteiger charge is -2.05. The third-order valence-electron chi connectivity index (χ3n) is 3.56. The maximum atomic E-state index is 12.3. The van der Waals surface area contributed by atoms with E-state index in [0.29, 0.717) is 4.88 Å². The molecule has 0 saturated carbocycles. The van der Waals surface area contributed by atoms with Crippen molar-refractivity contribution in [3.63, 3.8) is 0 Å². The van der Waals surface area contributed by atoms with Crippen LogP contribution in [-0.2, 0) is 12.4 Å². The number of aromatic carboxylic acids is 1. The molecule has 1 aromatic carbocycles. The van der Waals surface area contributed by atoms with Crippen LogP contribution in [0.1, 0.15) is 26.4 Å². The molecule has 3 rings (SSSR count). The molecule has 128 valence electrons. The highest BCUT2D eigenvalue weighted by atomic mass is 79.9. The predicted molar refractivity (Wildman–Crippen MR) is 101 cm³/mol. The van der Waals surface area contributed by atoms with Gasteiger partial charge in [-0.15, -0.1) is 11.3 Å². The van der Waals surface area contributed by atoms with Gasteiger partial charge in [0.05, 0.1) is 16.9 Å². The number of carbonyl (C=O) groups excluding carboxylic acids is 1.